The van der Waals surface area contributed by atoms with Gasteiger partial charge in [0.1, 0.15) is 18.1 Å². The zero-order valence-electron chi connectivity index (χ0n) is 19.9. The molecule has 0 saturated carbocycles. The standard InChI is InChI=1S/C27H27ClF3NO3/c1-5-34-23-13-10-17(25(33)32-19-11-12-22(28)21(15-19)27(29,30)31)14-18(23)16-35-24-9-7-6-8-20(24)26(2,3)4/h6-15H,5,16H2,1-4H3,(H,32,33). The van der Waals surface area contributed by atoms with Crippen molar-refractivity contribution >= 4 is 23.2 Å². The number of amides is 1. The minimum Gasteiger partial charge on any atom is -0.493 e. The van der Waals surface area contributed by atoms with Crippen molar-refractivity contribution in [2.45, 2.75) is 45.9 Å². The second kappa shape index (κ2) is 10.6. The highest BCUT2D eigenvalue weighted by Crippen LogP contribution is 2.36. The zero-order valence-corrected chi connectivity index (χ0v) is 20.7. The van der Waals surface area contributed by atoms with Crippen molar-refractivity contribution < 1.29 is 27.4 Å². The number of ether oxygens (including phenoxy) is 2. The van der Waals surface area contributed by atoms with Crippen LogP contribution in [0, 0.1) is 0 Å². The summed E-state index contributed by atoms with van der Waals surface area (Å²) in [6, 6.07) is 15.8. The number of para-hydroxylation sites is 1. The molecule has 0 fully saturated rings. The van der Waals surface area contributed by atoms with Crippen LogP contribution < -0.4 is 14.8 Å². The first-order valence-corrected chi connectivity index (χ1v) is 11.4. The Hall–Kier alpha value is -3.19. The van der Waals surface area contributed by atoms with E-state index < -0.39 is 22.7 Å². The molecule has 1 amide bonds. The first kappa shape index (κ1) is 26.4. The van der Waals surface area contributed by atoms with E-state index in [0.29, 0.717) is 17.9 Å². The van der Waals surface area contributed by atoms with Gasteiger partial charge in [0.15, 0.2) is 0 Å². The molecule has 0 saturated heterocycles. The molecule has 0 unspecified atom stereocenters. The van der Waals surface area contributed by atoms with Gasteiger partial charge < -0.3 is 14.8 Å². The highest BCUT2D eigenvalue weighted by molar-refractivity contribution is 6.31. The minimum absolute atomic E-state index is 0.0162. The third-order valence-electron chi connectivity index (χ3n) is 5.23. The third-order valence-corrected chi connectivity index (χ3v) is 5.56. The van der Waals surface area contributed by atoms with E-state index in [1.54, 1.807) is 18.2 Å². The normalized spacial score (nSPS) is 11.8. The highest BCUT2D eigenvalue weighted by Gasteiger charge is 2.33. The van der Waals surface area contributed by atoms with Gasteiger partial charge in [-0.25, -0.2) is 0 Å². The van der Waals surface area contributed by atoms with Gasteiger partial charge in [0.05, 0.1) is 17.2 Å². The van der Waals surface area contributed by atoms with E-state index in [4.69, 9.17) is 21.1 Å². The van der Waals surface area contributed by atoms with Gasteiger partial charge in [0, 0.05) is 16.8 Å². The quantitative estimate of drug-likeness (QED) is 0.355. The number of alkyl halides is 3. The summed E-state index contributed by atoms with van der Waals surface area (Å²) in [5.74, 6) is 0.709. The van der Waals surface area contributed by atoms with E-state index >= 15 is 0 Å². The molecule has 4 nitrogen and oxygen atoms in total. The molecule has 0 spiro atoms. The summed E-state index contributed by atoms with van der Waals surface area (Å²) in [6.07, 6.45) is -4.63. The monoisotopic (exact) mass is 505 g/mol. The van der Waals surface area contributed by atoms with Crippen LogP contribution in [0.2, 0.25) is 5.02 Å². The summed E-state index contributed by atoms with van der Waals surface area (Å²) in [5.41, 5.74) is 0.757. The minimum atomic E-state index is -4.63. The summed E-state index contributed by atoms with van der Waals surface area (Å²) < 4.78 is 51.3. The Labute approximate surface area is 208 Å². The van der Waals surface area contributed by atoms with Crippen molar-refractivity contribution in [3.05, 3.63) is 87.9 Å². The predicted octanol–water partition coefficient (Wildman–Crippen LogP) is 7.89. The van der Waals surface area contributed by atoms with E-state index in [2.05, 4.69) is 26.1 Å². The Bertz CT molecular complexity index is 1200. The molecule has 35 heavy (non-hydrogen) atoms. The van der Waals surface area contributed by atoms with Crippen LogP contribution >= 0.6 is 11.6 Å². The van der Waals surface area contributed by atoms with Gasteiger partial charge in [-0.3, -0.25) is 4.79 Å². The van der Waals surface area contributed by atoms with Crippen molar-refractivity contribution in [1.29, 1.82) is 0 Å². The summed E-state index contributed by atoms with van der Waals surface area (Å²) in [6.45, 7) is 8.68. The van der Waals surface area contributed by atoms with Crippen molar-refractivity contribution in [3.8, 4) is 11.5 Å². The number of hydrogen-bond acceptors (Lipinski definition) is 3. The summed E-state index contributed by atoms with van der Waals surface area (Å²) in [4.78, 5) is 12.8. The van der Waals surface area contributed by atoms with E-state index in [-0.39, 0.29) is 23.3 Å². The Kier molecular flexibility index (Phi) is 8.00. The van der Waals surface area contributed by atoms with Crippen LogP contribution in [0.25, 0.3) is 0 Å². The molecule has 0 aliphatic rings. The fraction of sp³-hybridized carbons (Fsp3) is 0.296. The maximum Gasteiger partial charge on any atom is 0.417 e. The molecule has 0 aliphatic carbocycles. The maximum absolute atomic E-state index is 13.2. The Morgan fingerprint density at radius 2 is 1.63 bits per heavy atom. The molecule has 3 rings (SSSR count). The lowest BCUT2D eigenvalue weighted by molar-refractivity contribution is -0.137. The molecule has 0 heterocycles. The van der Waals surface area contributed by atoms with Crippen molar-refractivity contribution in [2.24, 2.45) is 0 Å². The number of halogens is 4. The van der Waals surface area contributed by atoms with Crippen molar-refractivity contribution in [1.82, 2.24) is 0 Å². The largest absolute Gasteiger partial charge is 0.493 e. The van der Waals surface area contributed by atoms with Crippen LogP contribution in [0.1, 0.15) is 54.7 Å². The molecule has 1 N–H and O–H groups in total. The topological polar surface area (TPSA) is 47.6 Å². The van der Waals surface area contributed by atoms with E-state index in [1.165, 1.54) is 6.07 Å². The number of carbonyl (C=O) groups excluding carboxylic acids is 1. The molecule has 0 aromatic heterocycles. The second-order valence-electron chi connectivity index (χ2n) is 8.94. The molecule has 3 aromatic carbocycles. The van der Waals surface area contributed by atoms with Gasteiger partial charge in [-0.2, -0.15) is 13.2 Å². The fourth-order valence-electron chi connectivity index (χ4n) is 3.52. The third kappa shape index (κ3) is 6.69. The van der Waals surface area contributed by atoms with Crippen LogP contribution in [0.5, 0.6) is 11.5 Å². The van der Waals surface area contributed by atoms with Gasteiger partial charge in [0.2, 0.25) is 0 Å². The molecule has 0 atom stereocenters. The average Bonchev–Trinajstić information content (AvgIpc) is 2.78. The van der Waals surface area contributed by atoms with Gasteiger partial charge in [-0.15, -0.1) is 0 Å². The Morgan fingerprint density at radius 3 is 2.29 bits per heavy atom. The van der Waals surface area contributed by atoms with Crippen LogP contribution in [-0.2, 0) is 18.2 Å². The Balaban J connectivity index is 1.85. The molecular formula is C27H27ClF3NO3. The number of hydrogen-bond donors (Lipinski definition) is 1. The van der Waals surface area contributed by atoms with Crippen molar-refractivity contribution in [3.63, 3.8) is 0 Å². The van der Waals surface area contributed by atoms with Crippen LogP contribution in [0.15, 0.2) is 60.7 Å². The van der Waals surface area contributed by atoms with E-state index in [0.717, 1.165) is 23.4 Å². The molecular weight excluding hydrogens is 479 g/mol. The number of anilines is 1. The lowest BCUT2D eigenvalue weighted by Gasteiger charge is -2.23. The van der Waals surface area contributed by atoms with Crippen molar-refractivity contribution in [2.75, 3.05) is 11.9 Å². The molecule has 0 aliphatic heterocycles. The number of rotatable bonds is 7. The summed E-state index contributed by atoms with van der Waals surface area (Å²) in [5, 5.41) is 2.06. The molecule has 8 heteroatoms. The fourth-order valence-corrected chi connectivity index (χ4v) is 3.75. The maximum atomic E-state index is 13.2. The predicted molar refractivity (Wildman–Crippen MR) is 131 cm³/mol. The smallest absolute Gasteiger partial charge is 0.417 e. The average molecular weight is 506 g/mol. The molecule has 186 valence electrons. The van der Waals surface area contributed by atoms with E-state index in [9.17, 15) is 18.0 Å². The van der Waals surface area contributed by atoms with E-state index in [1.807, 2.05) is 31.2 Å². The zero-order chi connectivity index (χ0) is 25.8. The van der Waals surface area contributed by atoms with Crippen LogP contribution in [0.3, 0.4) is 0 Å². The van der Waals surface area contributed by atoms with Gasteiger partial charge >= 0.3 is 6.18 Å². The lowest BCUT2D eigenvalue weighted by atomic mass is 9.86. The number of nitrogens with one attached hydrogen (secondary N) is 1. The van der Waals surface area contributed by atoms with Gasteiger partial charge in [-0.05, 0) is 60.4 Å². The van der Waals surface area contributed by atoms with Crippen LogP contribution in [-0.4, -0.2) is 12.5 Å². The molecule has 0 radical (unpaired) electrons. The van der Waals surface area contributed by atoms with Gasteiger partial charge in [-0.1, -0.05) is 50.6 Å². The molecule has 3 aromatic rings. The summed E-state index contributed by atoms with van der Waals surface area (Å²) >= 11 is 5.67. The first-order valence-electron chi connectivity index (χ1n) is 11.1. The number of carbonyl (C=O) groups is 1. The first-order chi connectivity index (χ1) is 16.4. The SMILES string of the molecule is CCOc1ccc(C(=O)Nc2ccc(Cl)c(C(F)(F)F)c2)cc1COc1ccccc1C(C)(C)C. The molecule has 0 bridgehead atoms. The second-order valence-corrected chi connectivity index (χ2v) is 9.34. The lowest BCUT2D eigenvalue weighted by Crippen LogP contribution is -2.15. The Morgan fingerprint density at radius 1 is 0.914 bits per heavy atom. The summed E-state index contributed by atoms with van der Waals surface area (Å²) in [7, 11) is 0. The van der Waals surface area contributed by atoms with Crippen LogP contribution in [0.4, 0.5) is 18.9 Å². The number of benzene rings is 3. The highest BCUT2D eigenvalue weighted by atomic mass is 35.5. The van der Waals surface area contributed by atoms with Gasteiger partial charge in [0.25, 0.3) is 5.91 Å².